The van der Waals surface area contributed by atoms with Crippen LogP contribution in [0, 0.1) is 13.8 Å². The van der Waals surface area contributed by atoms with Crippen molar-refractivity contribution in [1.82, 2.24) is 10.2 Å². The van der Waals surface area contributed by atoms with Crippen LogP contribution >= 0.6 is 11.6 Å². The first-order chi connectivity index (χ1) is 18.2. The van der Waals surface area contributed by atoms with Crippen molar-refractivity contribution in [3.8, 4) is 0 Å². The molecule has 39 heavy (non-hydrogen) atoms. The summed E-state index contributed by atoms with van der Waals surface area (Å²) in [5, 5.41) is 3.11. The van der Waals surface area contributed by atoms with Crippen molar-refractivity contribution < 1.29 is 18.0 Å². The maximum absolute atomic E-state index is 14.0. The zero-order valence-corrected chi connectivity index (χ0v) is 24.8. The van der Waals surface area contributed by atoms with Crippen molar-refractivity contribution in [3.63, 3.8) is 0 Å². The summed E-state index contributed by atoms with van der Waals surface area (Å²) in [7, 11) is -4.18. The fraction of sp³-hybridized carbons (Fsp3) is 0.333. The molecule has 0 radical (unpaired) electrons. The standard InChI is InChI=1S/C30H36ClN3O4S/c1-21-15-17-25(18-16-21)39(37,38)34(27-14-10-9-13-26(27)31)20-28(35)33(19-24-12-8-7-11-22(24)2)23(3)29(36)32-30(4,5)6/h7-18,23H,19-20H2,1-6H3,(H,32,36)/t23-/m1/s1. The number of benzene rings is 3. The zero-order chi connectivity index (χ0) is 29.0. The molecule has 208 valence electrons. The molecule has 3 aromatic carbocycles. The Bertz CT molecular complexity index is 1430. The molecule has 9 heteroatoms. The highest BCUT2D eigenvalue weighted by molar-refractivity contribution is 7.92. The number of anilines is 1. The van der Waals surface area contributed by atoms with Crippen LogP contribution in [0.15, 0.2) is 77.7 Å². The van der Waals surface area contributed by atoms with Gasteiger partial charge in [0.25, 0.3) is 10.0 Å². The van der Waals surface area contributed by atoms with E-state index in [0.717, 1.165) is 21.0 Å². The Morgan fingerprint density at radius 1 is 0.923 bits per heavy atom. The third-order valence-electron chi connectivity index (χ3n) is 6.28. The van der Waals surface area contributed by atoms with Gasteiger partial charge in [0.15, 0.2) is 0 Å². The van der Waals surface area contributed by atoms with Crippen LogP contribution in [0.5, 0.6) is 0 Å². The molecule has 2 amide bonds. The lowest BCUT2D eigenvalue weighted by atomic mass is 10.1. The van der Waals surface area contributed by atoms with Crippen LogP contribution in [0.2, 0.25) is 5.02 Å². The van der Waals surface area contributed by atoms with E-state index in [-0.39, 0.29) is 28.1 Å². The van der Waals surface area contributed by atoms with E-state index in [9.17, 15) is 18.0 Å². The number of hydrogen-bond acceptors (Lipinski definition) is 4. The number of sulfonamides is 1. The summed E-state index contributed by atoms with van der Waals surface area (Å²) >= 11 is 6.44. The molecule has 1 atom stereocenters. The Hall–Kier alpha value is -3.36. The van der Waals surface area contributed by atoms with Crippen molar-refractivity contribution in [2.75, 3.05) is 10.8 Å². The molecule has 3 rings (SSSR count). The smallest absolute Gasteiger partial charge is 0.264 e. The lowest BCUT2D eigenvalue weighted by molar-refractivity contribution is -0.140. The monoisotopic (exact) mass is 569 g/mol. The Morgan fingerprint density at radius 2 is 1.51 bits per heavy atom. The summed E-state index contributed by atoms with van der Waals surface area (Å²) in [6.45, 7) is 10.6. The highest BCUT2D eigenvalue weighted by atomic mass is 35.5. The van der Waals surface area contributed by atoms with Gasteiger partial charge < -0.3 is 10.2 Å². The number of amides is 2. The molecule has 0 aromatic heterocycles. The fourth-order valence-corrected chi connectivity index (χ4v) is 5.75. The molecule has 0 spiro atoms. The minimum Gasteiger partial charge on any atom is -0.350 e. The molecule has 3 aromatic rings. The number of para-hydroxylation sites is 1. The largest absolute Gasteiger partial charge is 0.350 e. The highest BCUT2D eigenvalue weighted by Gasteiger charge is 2.34. The van der Waals surface area contributed by atoms with E-state index in [2.05, 4.69) is 5.32 Å². The van der Waals surface area contributed by atoms with E-state index in [1.54, 1.807) is 43.3 Å². The molecule has 0 aliphatic heterocycles. The van der Waals surface area contributed by atoms with Gasteiger partial charge in [0.05, 0.1) is 15.6 Å². The van der Waals surface area contributed by atoms with Gasteiger partial charge in [-0.15, -0.1) is 0 Å². The molecule has 0 unspecified atom stereocenters. The van der Waals surface area contributed by atoms with Gasteiger partial charge in [-0.25, -0.2) is 8.42 Å². The van der Waals surface area contributed by atoms with Crippen molar-refractivity contribution in [2.24, 2.45) is 0 Å². The Labute approximate surface area is 236 Å². The SMILES string of the molecule is Cc1ccc(S(=O)(=O)N(CC(=O)N(Cc2ccccc2C)[C@H](C)C(=O)NC(C)(C)C)c2ccccc2Cl)cc1. The predicted molar refractivity (Wildman–Crippen MR) is 156 cm³/mol. The van der Waals surface area contributed by atoms with Gasteiger partial charge in [-0.1, -0.05) is 65.7 Å². The first kappa shape index (κ1) is 30.2. The number of aryl methyl sites for hydroxylation is 2. The second kappa shape index (κ2) is 12.2. The van der Waals surface area contributed by atoms with Crippen molar-refractivity contribution in [3.05, 3.63) is 94.5 Å². The van der Waals surface area contributed by atoms with Crippen LogP contribution in [0.1, 0.15) is 44.4 Å². The van der Waals surface area contributed by atoms with Crippen LogP contribution < -0.4 is 9.62 Å². The number of carbonyl (C=O) groups excluding carboxylic acids is 2. The van der Waals surface area contributed by atoms with Gasteiger partial charge >= 0.3 is 0 Å². The molecular weight excluding hydrogens is 534 g/mol. The predicted octanol–water partition coefficient (Wildman–Crippen LogP) is 5.48. The summed E-state index contributed by atoms with van der Waals surface area (Å²) in [5.74, 6) is -0.875. The average molecular weight is 570 g/mol. The molecule has 0 fully saturated rings. The number of nitrogens with one attached hydrogen (secondary N) is 1. The van der Waals surface area contributed by atoms with Crippen LogP contribution in [0.4, 0.5) is 5.69 Å². The molecule has 0 saturated heterocycles. The van der Waals surface area contributed by atoms with Crippen LogP contribution in [0.3, 0.4) is 0 Å². The molecular formula is C30H36ClN3O4S. The lowest BCUT2D eigenvalue weighted by Crippen LogP contribution is -2.54. The Balaban J connectivity index is 2.06. The minimum absolute atomic E-state index is 0.0322. The van der Waals surface area contributed by atoms with Crippen molar-refractivity contribution in [1.29, 1.82) is 0 Å². The van der Waals surface area contributed by atoms with Gasteiger partial charge in [0.2, 0.25) is 11.8 Å². The first-order valence-corrected chi connectivity index (χ1v) is 14.5. The van der Waals surface area contributed by atoms with Crippen molar-refractivity contribution in [2.45, 2.75) is 64.6 Å². The number of hydrogen-bond donors (Lipinski definition) is 1. The average Bonchev–Trinajstić information content (AvgIpc) is 2.86. The highest BCUT2D eigenvalue weighted by Crippen LogP contribution is 2.31. The van der Waals surface area contributed by atoms with Crippen LogP contribution in [0.25, 0.3) is 0 Å². The third-order valence-corrected chi connectivity index (χ3v) is 8.37. The number of carbonyl (C=O) groups is 2. The van der Waals surface area contributed by atoms with Gasteiger partial charge in [-0.2, -0.15) is 0 Å². The summed E-state index contributed by atoms with van der Waals surface area (Å²) in [5.41, 5.74) is 2.37. The van der Waals surface area contributed by atoms with Crippen LogP contribution in [-0.2, 0) is 26.2 Å². The molecule has 0 heterocycles. The maximum Gasteiger partial charge on any atom is 0.264 e. The second-order valence-electron chi connectivity index (χ2n) is 10.6. The zero-order valence-electron chi connectivity index (χ0n) is 23.2. The topological polar surface area (TPSA) is 86.8 Å². The van der Waals surface area contributed by atoms with E-state index >= 15 is 0 Å². The van der Waals surface area contributed by atoms with E-state index < -0.39 is 34.1 Å². The van der Waals surface area contributed by atoms with Gasteiger partial charge in [0.1, 0.15) is 12.6 Å². The minimum atomic E-state index is -4.18. The van der Waals surface area contributed by atoms with Gasteiger partial charge in [0, 0.05) is 12.1 Å². The number of rotatable bonds is 9. The summed E-state index contributed by atoms with van der Waals surface area (Å²) in [6, 6.07) is 19.6. The van der Waals surface area contributed by atoms with Gasteiger partial charge in [-0.05, 0) is 76.9 Å². The summed E-state index contributed by atoms with van der Waals surface area (Å²) < 4.78 is 28.8. The molecule has 0 bridgehead atoms. The maximum atomic E-state index is 14.0. The molecule has 0 saturated carbocycles. The second-order valence-corrected chi connectivity index (χ2v) is 12.9. The fourth-order valence-electron chi connectivity index (χ4n) is 4.03. The van der Waals surface area contributed by atoms with Gasteiger partial charge in [-0.3, -0.25) is 13.9 Å². The Kier molecular flexibility index (Phi) is 9.46. The number of nitrogens with zero attached hydrogens (tertiary/aromatic N) is 2. The molecule has 1 N–H and O–H groups in total. The normalized spacial score (nSPS) is 12.5. The first-order valence-electron chi connectivity index (χ1n) is 12.7. The quantitative estimate of drug-likeness (QED) is 0.369. The number of halogens is 1. The van der Waals surface area contributed by atoms with Crippen LogP contribution in [-0.4, -0.2) is 43.3 Å². The summed E-state index contributed by atoms with van der Waals surface area (Å²) in [6.07, 6.45) is 0. The van der Waals surface area contributed by atoms with Crippen molar-refractivity contribution >= 4 is 39.1 Å². The molecule has 0 aliphatic carbocycles. The lowest BCUT2D eigenvalue weighted by Gasteiger charge is -2.34. The molecule has 0 aliphatic rings. The summed E-state index contributed by atoms with van der Waals surface area (Å²) in [4.78, 5) is 28.6. The third kappa shape index (κ3) is 7.61. The van der Waals surface area contributed by atoms with E-state index in [4.69, 9.17) is 11.6 Å². The Morgan fingerprint density at radius 3 is 2.10 bits per heavy atom. The van der Waals surface area contributed by atoms with E-state index in [0.29, 0.717) is 0 Å². The molecule has 7 nitrogen and oxygen atoms in total. The van der Waals surface area contributed by atoms with E-state index in [1.165, 1.54) is 17.0 Å². The van der Waals surface area contributed by atoms with E-state index in [1.807, 2.05) is 58.9 Å².